The number of aromatic nitrogens is 1. The van der Waals surface area contributed by atoms with E-state index in [-0.39, 0.29) is 0 Å². The first-order chi connectivity index (χ1) is 6.84. The Hall–Kier alpha value is -1.31. The number of pyridine rings is 1. The number of hydrogen-bond donors (Lipinski definition) is 1. The Bertz CT molecular complexity index is 397. The van der Waals surface area contributed by atoms with Crippen molar-refractivity contribution in [1.82, 2.24) is 4.98 Å². The molecule has 1 aromatic carbocycles. The maximum absolute atomic E-state index is 5.61. The third-order valence-corrected chi connectivity index (χ3v) is 3.82. The molecule has 2 N–H and O–H groups in total. The van der Waals surface area contributed by atoms with Crippen LogP contribution in [0.5, 0.6) is 0 Å². The fourth-order valence-electron chi connectivity index (χ4n) is 1.08. The third-order valence-electron chi connectivity index (χ3n) is 1.75. The summed E-state index contributed by atoms with van der Waals surface area (Å²) in [6.45, 7) is 0. The topological polar surface area (TPSA) is 38.9 Å². The van der Waals surface area contributed by atoms with Crippen LogP contribution in [0.1, 0.15) is 0 Å². The molecule has 0 aliphatic rings. The first kappa shape index (κ1) is 9.25. The van der Waals surface area contributed by atoms with Crippen LogP contribution in [0.15, 0.2) is 48.8 Å². The number of nitrogens with zero attached hydrogens (tertiary/aromatic N) is 1. The van der Waals surface area contributed by atoms with Crippen molar-refractivity contribution in [3.8, 4) is 0 Å². The van der Waals surface area contributed by atoms with Crippen molar-refractivity contribution >= 4 is 29.6 Å². The van der Waals surface area contributed by atoms with E-state index in [9.17, 15) is 0 Å². The van der Waals surface area contributed by atoms with Crippen LogP contribution in [0.25, 0.3) is 0 Å². The van der Waals surface area contributed by atoms with Gasteiger partial charge in [-0.1, -0.05) is 0 Å². The molecular weight excluding hydrogens is 239 g/mol. The van der Waals surface area contributed by atoms with Gasteiger partial charge in [0.15, 0.2) is 0 Å². The second-order valence-electron chi connectivity index (χ2n) is 2.86. The van der Waals surface area contributed by atoms with E-state index in [1.165, 1.54) is 8.92 Å². The molecule has 0 aliphatic carbocycles. The van der Waals surface area contributed by atoms with Crippen molar-refractivity contribution in [3.63, 3.8) is 0 Å². The Morgan fingerprint density at radius 3 is 2.43 bits per heavy atom. The van der Waals surface area contributed by atoms with Crippen molar-refractivity contribution in [2.24, 2.45) is 0 Å². The average molecular weight is 249 g/mol. The molecular formula is C11H10N2Se. The molecule has 0 saturated heterocycles. The number of hydrogen-bond acceptors (Lipinski definition) is 2. The van der Waals surface area contributed by atoms with Crippen LogP contribution in [-0.4, -0.2) is 19.9 Å². The van der Waals surface area contributed by atoms with Crippen molar-refractivity contribution in [2.75, 3.05) is 5.73 Å². The van der Waals surface area contributed by atoms with Crippen LogP contribution < -0.4 is 14.7 Å². The van der Waals surface area contributed by atoms with Gasteiger partial charge in [-0.15, -0.1) is 0 Å². The molecule has 1 aromatic heterocycles. The zero-order valence-electron chi connectivity index (χ0n) is 7.55. The molecule has 1 heterocycles. The van der Waals surface area contributed by atoms with E-state index in [1.807, 2.05) is 24.4 Å². The van der Waals surface area contributed by atoms with E-state index in [0.717, 1.165) is 5.69 Å². The van der Waals surface area contributed by atoms with E-state index in [4.69, 9.17) is 5.73 Å². The number of nitrogens with two attached hydrogens (primary N) is 1. The summed E-state index contributed by atoms with van der Waals surface area (Å²) < 4.78 is 2.60. The second-order valence-corrected chi connectivity index (χ2v) is 5.27. The molecule has 0 unspecified atom stereocenters. The fraction of sp³-hybridized carbons (Fsp3) is 0. The summed E-state index contributed by atoms with van der Waals surface area (Å²) in [5.74, 6) is 0. The molecule has 2 aromatic rings. The van der Waals surface area contributed by atoms with E-state index >= 15 is 0 Å². The Kier molecular flexibility index (Phi) is 2.82. The van der Waals surface area contributed by atoms with Gasteiger partial charge >= 0.3 is 89.1 Å². The van der Waals surface area contributed by atoms with Gasteiger partial charge in [0, 0.05) is 0 Å². The summed E-state index contributed by atoms with van der Waals surface area (Å²) in [6, 6.07) is 12.1. The van der Waals surface area contributed by atoms with E-state index in [0.29, 0.717) is 15.0 Å². The van der Waals surface area contributed by atoms with E-state index in [2.05, 4.69) is 23.2 Å². The monoisotopic (exact) mass is 250 g/mol. The summed E-state index contributed by atoms with van der Waals surface area (Å²) in [6.07, 6.45) is 3.71. The van der Waals surface area contributed by atoms with Crippen LogP contribution in [0.2, 0.25) is 0 Å². The predicted molar refractivity (Wildman–Crippen MR) is 60.1 cm³/mol. The van der Waals surface area contributed by atoms with Gasteiger partial charge in [-0.3, -0.25) is 0 Å². The van der Waals surface area contributed by atoms with Crippen molar-refractivity contribution in [2.45, 2.75) is 0 Å². The quantitative estimate of drug-likeness (QED) is 0.615. The van der Waals surface area contributed by atoms with Crippen molar-refractivity contribution in [3.05, 3.63) is 48.8 Å². The van der Waals surface area contributed by atoms with E-state index < -0.39 is 0 Å². The standard InChI is InChI=1S/C11H10N2Se/c12-9-3-5-10(6-4-9)14-11-2-1-7-13-8-11/h1-8H,12H2. The molecule has 0 radical (unpaired) electrons. The molecule has 2 rings (SSSR count). The summed E-state index contributed by atoms with van der Waals surface area (Å²) in [5.41, 5.74) is 6.43. The third kappa shape index (κ3) is 2.34. The molecule has 0 saturated carbocycles. The number of nitrogen functional groups attached to an aromatic ring is 1. The Balaban J connectivity index is 2.16. The average Bonchev–Trinajstić information content (AvgIpc) is 2.23. The molecule has 0 aliphatic heterocycles. The summed E-state index contributed by atoms with van der Waals surface area (Å²) >= 11 is 0.335. The first-order valence-electron chi connectivity index (χ1n) is 4.28. The molecule has 70 valence electrons. The Morgan fingerprint density at radius 2 is 1.79 bits per heavy atom. The number of rotatable bonds is 2. The fourth-order valence-corrected chi connectivity index (χ4v) is 2.77. The van der Waals surface area contributed by atoms with Gasteiger partial charge in [0.25, 0.3) is 0 Å². The molecule has 0 spiro atoms. The normalized spacial score (nSPS) is 10.0. The minimum atomic E-state index is 0.335. The summed E-state index contributed by atoms with van der Waals surface area (Å²) in [5, 5.41) is 0. The SMILES string of the molecule is Nc1ccc([Se]c2cccnc2)cc1. The predicted octanol–water partition coefficient (Wildman–Crippen LogP) is 0.319. The van der Waals surface area contributed by atoms with Gasteiger partial charge in [-0.2, -0.15) is 0 Å². The molecule has 0 bridgehead atoms. The molecule has 0 atom stereocenters. The van der Waals surface area contributed by atoms with Crippen LogP contribution in [0, 0.1) is 0 Å². The molecule has 0 amide bonds. The Morgan fingerprint density at radius 1 is 1.00 bits per heavy atom. The Labute approximate surface area is 89.3 Å². The molecule has 14 heavy (non-hydrogen) atoms. The maximum atomic E-state index is 5.61. The molecule has 0 fully saturated rings. The first-order valence-corrected chi connectivity index (χ1v) is 5.99. The van der Waals surface area contributed by atoms with Gasteiger partial charge in [0.1, 0.15) is 0 Å². The van der Waals surface area contributed by atoms with Crippen LogP contribution in [0.3, 0.4) is 0 Å². The van der Waals surface area contributed by atoms with Gasteiger partial charge in [-0.25, -0.2) is 0 Å². The van der Waals surface area contributed by atoms with Crippen molar-refractivity contribution < 1.29 is 0 Å². The summed E-state index contributed by atoms with van der Waals surface area (Å²) in [7, 11) is 0. The van der Waals surface area contributed by atoms with Crippen molar-refractivity contribution in [1.29, 1.82) is 0 Å². The second kappa shape index (κ2) is 4.27. The zero-order valence-corrected chi connectivity index (χ0v) is 9.26. The van der Waals surface area contributed by atoms with Gasteiger partial charge in [0.2, 0.25) is 0 Å². The van der Waals surface area contributed by atoms with Crippen LogP contribution in [0.4, 0.5) is 5.69 Å². The van der Waals surface area contributed by atoms with Gasteiger partial charge in [0.05, 0.1) is 0 Å². The number of benzene rings is 1. The zero-order chi connectivity index (χ0) is 9.80. The van der Waals surface area contributed by atoms with Crippen LogP contribution in [-0.2, 0) is 0 Å². The van der Waals surface area contributed by atoms with Gasteiger partial charge in [-0.05, 0) is 0 Å². The van der Waals surface area contributed by atoms with Gasteiger partial charge < -0.3 is 0 Å². The van der Waals surface area contributed by atoms with Crippen LogP contribution >= 0.6 is 0 Å². The number of anilines is 1. The molecule has 3 heteroatoms. The molecule has 2 nitrogen and oxygen atoms in total. The minimum absolute atomic E-state index is 0.335. The summed E-state index contributed by atoms with van der Waals surface area (Å²) in [4.78, 5) is 4.09. The van der Waals surface area contributed by atoms with E-state index in [1.54, 1.807) is 6.20 Å².